The lowest BCUT2D eigenvalue weighted by molar-refractivity contribution is -0.145. The smallest absolute Gasteiger partial charge is 0.306 e. The molecule has 0 amide bonds. The Morgan fingerprint density at radius 3 is 2.75 bits per heavy atom. The molecular weight excluding hydrogens is 306 g/mol. The Morgan fingerprint density at radius 1 is 1.29 bits per heavy atom. The van der Waals surface area contributed by atoms with Crippen molar-refractivity contribution in [1.29, 1.82) is 0 Å². The van der Waals surface area contributed by atoms with Crippen LogP contribution < -0.4 is 0 Å². The number of aryl methyl sites for hydroxylation is 2. The van der Waals surface area contributed by atoms with Crippen LogP contribution in [0.2, 0.25) is 0 Å². The summed E-state index contributed by atoms with van der Waals surface area (Å²) in [5.41, 5.74) is 2.91. The fourth-order valence-corrected chi connectivity index (χ4v) is 3.10. The van der Waals surface area contributed by atoms with Gasteiger partial charge in [0.1, 0.15) is 11.5 Å². The minimum atomic E-state index is -0.720. The van der Waals surface area contributed by atoms with Gasteiger partial charge in [0.15, 0.2) is 0 Å². The fourth-order valence-electron chi connectivity index (χ4n) is 3.10. The van der Waals surface area contributed by atoms with Crippen LogP contribution in [-0.2, 0) is 16.1 Å². The quantitative estimate of drug-likeness (QED) is 0.893. The van der Waals surface area contributed by atoms with Crippen molar-refractivity contribution < 1.29 is 19.1 Å². The molecule has 0 radical (unpaired) electrons. The molecule has 2 aromatic rings. The summed E-state index contributed by atoms with van der Waals surface area (Å²) in [5.74, 6) is 0.335. The zero-order valence-electron chi connectivity index (χ0n) is 14.1. The van der Waals surface area contributed by atoms with Crippen LogP contribution in [0.25, 0.3) is 11.5 Å². The van der Waals surface area contributed by atoms with Crippen molar-refractivity contribution >= 4 is 5.97 Å². The van der Waals surface area contributed by atoms with E-state index >= 15 is 0 Å². The predicted octanol–water partition coefficient (Wildman–Crippen LogP) is 4.12. The van der Waals surface area contributed by atoms with Gasteiger partial charge in [-0.15, -0.1) is 0 Å². The third kappa shape index (κ3) is 3.85. The van der Waals surface area contributed by atoms with Gasteiger partial charge >= 0.3 is 5.97 Å². The molecule has 1 fully saturated rings. The van der Waals surface area contributed by atoms with E-state index in [4.69, 9.17) is 14.3 Å². The molecule has 1 aromatic heterocycles. The Hall–Kier alpha value is -2.14. The number of ether oxygens (including phenoxy) is 1. The second-order valence-corrected chi connectivity index (χ2v) is 6.52. The molecule has 2 unspecified atom stereocenters. The van der Waals surface area contributed by atoms with Gasteiger partial charge in [0.05, 0.1) is 18.6 Å². The molecule has 1 N–H and O–H groups in total. The summed E-state index contributed by atoms with van der Waals surface area (Å²) < 4.78 is 11.7. The molecule has 0 spiro atoms. The summed E-state index contributed by atoms with van der Waals surface area (Å²) in [5, 5.41) is 9.15. The molecule has 1 saturated carbocycles. The van der Waals surface area contributed by atoms with Gasteiger partial charge in [0.2, 0.25) is 5.89 Å². The van der Waals surface area contributed by atoms with Crippen LogP contribution in [0.5, 0.6) is 0 Å². The van der Waals surface area contributed by atoms with E-state index in [-0.39, 0.29) is 12.0 Å². The van der Waals surface area contributed by atoms with Gasteiger partial charge in [-0.05, 0) is 45.2 Å². The van der Waals surface area contributed by atoms with Crippen LogP contribution >= 0.6 is 0 Å². The number of carboxylic acid groups (broad SMARTS) is 1. The topological polar surface area (TPSA) is 72.6 Å². The van der Waals surface area contributed by atoms with Crippen molar-refractivity contribution in [3.63, 3.8) is 0 Å². The Morgan fingerprint density at radius 2 is 2.04 bits per heavy atom. The van der Waals surface area contributed by atoms with E-state index in [9.17, 15) is 4.79 Å². The molecule has 24 heavy (non-hydrogen) atoms. The van der Waals surface area contributed by atoms with Crippen LogP contribution in [0.15, 0.2) is 28.7 Å². The highest BCUT2D eigenvalue weighted by Crippen LogP contribution is 2.28. The maximum Gasteiger partial charge on any atom is 0.306 e. The Kier molecular flexibility index (Phi) is 5.00. The Balaban J connectivity index is 1.63. The second kappa shape index (κ2) is 7.18. The normalized spacial score (nSPS) is 20.9. The number of aromatic nitrogens is 1. The molecule has 5 nitrogen and oxygen atoms in total. The fraction of sp³-hybridized carbons (Fsp3) is 0.474. The molecule has 0 aliphatic heterocycles. The van der Waals surface area contributed by atoms with Gasteiger partial charge in [-0.25, -0.2) is 4.98 Å². The predicted molar refractivity (Wildman–Crippen MR) is 89.6 cm³/mol. The highest BCUT2D eigenvalue weighted by molar-refractivity contribution is 5.70. The van der Waals surface area contributed by atoms with Crippen molar-refractivity contribution in [2.45, 2.75) is 52.2 Å². The maximum atomic E-state index is 11.1. The zero-order valence-corrected chi connectivity index (χ0v) is 14.1. The van der Waals surface area contributed by atoms with E-state index in [2.05, 4.69) is 4.98 Å². The van der Waals surface area contributed by atoms with E-state index in [1.165, 1.54) is 5.56 Å². The second-order valence-electron chi connectivity index (χ2n) is 6.52. The third-order valence-electron chi connectivity index (χ3n) is 4.62. The van der Waals surface area contributed by atoms with Gasteiger partial charge in [0, 0.05) is 5.56 Å². The first-order valence-corrected chi connectivity index (χ1v) is 8.40. The average Bonchev–Trinajstić information content (AvgIpc) is 2.95. The van der Waals surface area contributed by atoms with E-state index in [1.807, 2.05) is 38.1 Å². The molecular formula is C19H23NO4. The van der Waals surface area contributed by atoms with Crippen LogP contribution in [0.1, 0.15) is 42.7 Å². The lowest BCUT2D eigenvalue weighted by Gasteiger charge is -2.26. The number of nitrogens with zero attached hydrogens (tertiary/aromatic N) is 1. The lowest BCUT2D eigenvalue weighted by Crippen LogP contribution is -2.27. The summed E-state index contributed by atoms with van der Waals surface area (Å²) in [6.45, 7) is 4.28. The number of hydrogen-bond acceptors (Lipinski definition) is 4. The first kappa shape index (κ1) is 16.7. The van der Waals surface area contributed by atoms with Crippen LogP contribution in [0.3, 0.4) is 0 Å². The van der Waals surface area contributed by atoms with Crippen molar-refractivity contribution in [1.82, 2.24) is 4.98 Å². The number of carboxylic acids is 1. The number of carbonyl (C=O) groups is 1. The molecule has 128 valence electrons. The molecule has 1 aromatic carbocycles. The maximum absolute atomic E-state index is 11.1. The van der Waals surface area contributed by atoms with Crippen molar-refractivity contribution in [3.05, 3.63) is 41.3 Å². The number of benzene rings is 1. The van der Waals surface area contributed by atoms with Gasteiger partial charge in [-0.3, -0.25) is 4.79 Å². The summed E-state index contributed by atoms with van der Waals surface area (Å²) in [4.78, 5) is 15.7. The van der Waals surface area contributed by atoms with Crippen molar-refractivity contribution in [2.75, 3.05) is 0 Å². The SMILES string of the molecule is Cc1ccc(-c2nc(COC3CCCC(C(=O)O)C3)c(C)o2)cc1. The number of hydrogen-bond donors (Lipinski definition) is 1. The van der Waals surface area contributed by atoms with Gasteiger partial charge in [0.25, 0.3) is 0 Å². The number of oxazole rings is 1. The van der Waals surface area contributed by atoms with Gasteiger partial charge in [-0.2, -0.15) is 0 Å². The van der Waals surface area contributed by atoms with Gasteiger partial charge < -0.3 is 14.3 Å². The molecule has 2 atom stereocenters. The van der Waals surface area contributed by atoms with E-state index in [0.717, 1.165) is 36.3 Å². The largest absolute Gasteiger partial charge is 0.481 e. The molecule has 0 saturated heterocycles. The first-order chi connectivity index (χ1) is 11.5. The Labute approximate surface area is 141 Å². The minimum absolute atomic E-state index is 0.0150. The molecule has 1 heterocycles. The summed E-state index contributed by atoms with van der Waals surface area (Å²) in [6, 6.07) is 8.03. The zero-order chi connectivity index (χ0) is 17.1. The Bertz CT molecular complexity index is 705. The van der Waals surface area contributed by atoms with Crippen molar-refractivity contribution in [3.8, 4) is 11.5 Å². The molecule has 0 bridgehead atoms. The van der Waals surface area contributed by atoms with E-state index in [0.29, 0.717) is 18.9 Å². The lowest BCUT2D eigenvalue weighted by atomic mass is 9.87. The molecule has 5 heteroatoms. The average molecular weight is 329 g/mol. The highest BCUT2D eigenvalue weighted by Gasteiger charge is 2.27. The summed E-state index contributed by atoms with van der Waals surface area (Å²) in [7, 11) is 0. The van der Waals surface area contributed by atoms with Crippen LogP contribution in [0.4, 0.5) is 0 Å². The monoisotopic (exact) mass is 329 g/mol. The summed E-state index contributed by atoms with van der Waals surface area (Å²) >= 11 is 0. The van der Waals surface area contributed by atoms with Crippen LogP contribution in [0, 0.1) is 19.8 Å². The van der Waals surface area contributed by atoms with Crippen LogP contribution in [-0.4, -0.2) is 22.2 Å². The molecule has 1 aliphatic rings. The van der Waals surface area contributed by atoms with Gasteiger partial charge in [-0.1, -0.05) is 24.1 Å². The summed E-state index contributed by atoms with van der Waals surface area (Å²) in [6.07, 6.45) is 3.12. The number of rotatable bonds is 5. The van der Waals surface area contributed by atoms with E-state index < -0.39 is 5.97 Å². The number of aliphatic carboxylic acids is 1. The molecule has 1 aliphatic carbocycles. The minimum Gasteiger partial charge on any atom is -0.481 e. The molecule has 3 rings (SSSR count). The first-order valence-electron chi connectivity index (χ1n) is 8.40. The standard InChI is InChI=1S/C19H23NO4/c1-12-6-8-14(9-7-12)18-20-17(13(2)24-18)11-23-16-5-3-4-15(10-16)19(21)22/h6-9,15-16H,3-5,10-11H2,1-2H3,(H,21,22). The van der Waals surface area contributed by atoms with E-state index in [1.54, 1.807) is 0 Å². The highest BCUT2D eigenvalue weighted by atomic mass is 16.5. The third-order valence-corrected chi connectivity index (χ3v) is 4.62. The van der Waals surface area contributed by atoms with Crippen molar-refractivity contribution in [2.24, 2.45) is 5.92 Å².